The highest BCUT2D eigenvalue weighted by molar-refractivity contribution is 6.03. The highest BCUT2D eigenvalue weighted by Gasteiger charge is 2.42. The lowest BCUT2D eigenvalue weighted by Gasteiger charge is -2.23. The zero-order chi connectivity index (χ0) is 24.3. The van der Waals surface area contributed by atoms with Crippen LogP contribution in [0.1, 0.15) is 51.7 Å². The van der Waals surface area contributed by atoms with E-state index in [1.807, 2.05) is 0 Å². The van der Waals surface area contributed by atoms with E-state index < -0.39 is 0 Å². The Bertz CT molecular complexity index is 1330. The molecule has 0 aromatic heterocycles. The van der Waals surface area contributed by atoms with Gasteiger partial charge in [-0.15, -0.1) is 0 Å². The molecule has 2 aliphatic heterocycles. The smallest absolute Gasteiger partial charge is 0.209 e. The number of nitrogens with two attached hydrogens (primary N) is 1. The second kappa shape index (κ2) is 7.87. The maximum atomic E-state index is 6.66. The first kappa shape index (κ1) is 22.5. The zero-order valence-corrected chi connectivity index (χ0v) is 21.3. The van der Waals surface area contributed by atoms with Crippen LogP contribution in [0.15, 0.2) is 95.4 Å². The summed E-state index contributed by atoms with van der Waals surface area (Å²) in [6.45, 7) is 9.21. The van der Waals surface area contributed by atoms with Crippen molar-refractivity contribution in [2.24, 2.45) is 5.73 Å². The average molecular weight is 451 g/mol. The summed E-state index contributed by atoms with van der Waals surface area (Å²) in [6, 6.07) is 17.4. The second-order valence-electron chi connectivity index (χ2n) is 10.8. The molecule has 1 aliphatic carbocycles. The van der Waals surface area contributed by atoms with Crippen LogP contribution in [0.5, 0.6) is 0 Å². The number of nitrogens with zero attached hydrogens (tertiary/aromatic N) is 2. The van der Waals surface area contributed by atoms with Gasteiger partial charge in [0.15, 0.2) is 5.71 Å². The van der Waals surface area contributed by atoms with Crippen molar-refractivity contribution in [3.8, 4) is 0 Å². The van der Waals surface area contributed by atoms with Crippen LogP contribution in [0.25, 0.3) is 0 Å². The van der Waals surface area contributed by atoms with Gasteiger partial charge in [-0.2, -0.15) is 4.58 Å². The molecule has 0 fully saturated rings. The quantitative estimate of drug-likeness (QED) is 0.542. The van der Waals surface area contributed by atoms with Gasteiger partial charge in [0.05, 0.1) is 5.41 Å². The van der Waals surface area contributed by atoms with Crippen LogP contribution < -0.4 is 10.6 Å². The average Bonchev–Trinajstić information content (AvgIpc) is 3.33. The third kappa shape index (κ3) is 3.29. The van der Waals surface area contributed by atoms with Gasteiger partial charge in [0, 0.05) is 47.2 Å². The van der Waals surface area contributed by atoms with E-state index >= 15 is 0 Å². The SMILES string of the molecule is CN1/C(=C/C=C2\CCC(/C=C/C3=[N+](C)c4ccccc4C3(C)C)=C2N)C(C)(C)c2ccccc21. The van der Waals surface area contributed by atoms with E-state index in [4.69, 9.17) is 5.73 Å². The molecule has 34 heavy (non-hydrogen) atoms. The maximum absolute atomic E-state index is 6.66. The highest BCUT2D eigenvalue weighted by Crippen LogP contribution is 2.47. The Kier molecular flexibility index (Phi) is 5.20. The highest BCUT2D eigenvalue weighted by atomic mass is 15.2. The summed E-state index contributed by atoms with van der Waals surface area (Å²) in [5.74, 6) is 0. The summed E-state index contributed by atoms with van der Waals surface area (Å²) in [5, 5.41) is 0. The predicted molar refractivity (Wildman–Crippen MR) is 144 cm³/mol. The Morgan fingerprint density at radius 3 is 2.24 bits per heavy atom. The van der Waals surface area contributed by atoms with Crippen molar-refractivity contribution in [2.75, 3.05) is 19.0 Å². The lowest BCUT2D eigenvalue weighted by Crippen LogP contribution is -2.26. The van der Waals surface area contributed by atoms with Crippen LogP contribution in [-0.2, 0) is 10.8 Å². The number of likely N-dealkylation sites (N-methyl/N-ethyl adjacent to an activating group) is 1. The van der Waals surface area contributed by atoms with E-state index in [2.05, 4.69) is 124 Å². The standard InChI is InChI=1S/C31H35N3/c1-30(2)23-11-7-9-13-25(23)33(5)27(30)19-17-21-15-16-22(29(21)32)18-20-28-31(3,4)24-12-8-10-14-26(24)34(28)6/h7-14,17-20,32H,15-16H2,1-6H3/p+1/b21-17+,27-19+. The van der Waals surface area contributed by atoms with Gasteiger partial charge in [0.1, 0.15) is 7.05 Å². The third-order valence-electron chi connectivity index (χ3n) is 8.12. The molecule has 0 saturated carbocycles. The van der Waals surface area contributed by atoms with Crippen molar-refractivity contribution in [3.05, 3.63) is 107 Å². The lowest BCUT2D eigenvalue weighted by atomic mass is 9.81. The first-order valence-corrected chi connectivity index (χ1v) is 12.3. The van der Waals surface area contributed by atoms with E-state index in [0.29, 0.717) is 0 Å². The molecule has 0 atom stereocenters. The number of fused-ring (bicyclic) bond motifs is 2. The van der Waals surface area contributed by atoms with Crippen molar-refractivity contribution >= 4 is 17.1 Å². The second-order valence-corrected chi connectivity index (χ2v) is 10.8. The van der Waals surface area contributed by atoms with E-state index in [9.17, 15) is 0 Å². The molecule has 0 spiro atoms. The number of para-hydroxylation sites is 2. The molecule has 3 aliphatic rings. The fourth-order valence-corrected chi connectivity index (χ4v) is 6.05. The molecule has 2 aromatic rings. The van der Waals surface area contributed by atoms with Gasteiger partial charge in [0.2, 0.25) is 5.69 Å². The fraction of sp³-hybridized carbons (Fsp3) is 0.323. The molecular formula is C31H36N3+. The molecule has 5 rings (SSSR count). The van der Waals surface area contributed by atoms with E-state index in [-0.39, 0.29) is 10.8 Å². The molecule has 0 radical (unpaired) electrons. The number of allylic oxidation sites excluding steroid dienone is 7. The van der Waals surface area contributed by atoms with Crippen molar-refractivity contribution in [2.45, 2.75) is 51.4 Å². The van der Waals surface area contributed by atoms with Crippen molar-refractivity contribution in [3.63, 3.8) is 0 Å². The summed E-state index contributed by atoms with van der Waals surface area (Å²) in [7, 11) is 4.32. The number of anilines is 1. The molecule has 3 heteroatoms. The summed E-state index contributed by atoms with van der Waals surface area (Å²) >= 11 is 0. The molecule has 2 heterocycles. The van der Waals surface area contributed by atoms with Crippen LogP contribution in [-0.4, -0.2) is 24.4 Å². The predicted octanol–water partition coefficient (Wildman–Crippen LogP) is 6.49. The van der Waals surface area contributed by atoms with Gasteiger partial charge in [-0.05, 0) is 55.5 Å². The Labute approximate surface area is 204 Å². The van der Waals surface area contributed by atoms with Crippen molar-refractivity contribution in [1.82, 2.24) is 0 Å². The minimum atomic E-state index is -0.0213. The first-order chi connectivity index (χ1) is 16.1. The van der Waals surface area contributed by atoms with Crippen LogP contribution >= 0.6 is 0 Å². The number of rotatable bonds is 3. The molecule has 2 N–H and O–H groups in total. The Morgan fingerprint density at radius 1 is 0.853 bits per heavy atom. The van der Waals surface area contributed by atoms with Gasteiger partial charge < -0.3 is 10.6 Å². The van der Waals surface area contributed by atoms with Crippen LogP contribution in [0, 0.1) is 0 Å². The molecular weight excluding hydrogens is 414 g/mol. The van der Waals surface area contributed by atoms with E-state index in [1.54, 1.807) is 0 Å². The largest absolute Gasteiger partial charge is 0.398 e. The molecule has 2 aromatic carbocycles. The molecule has 174 valence electrons. The van der Waals surface area contributed by atoms with Gasteiger partial charge in [-0.25, -0.2) is 0 Å². The molecule has 0 unspecified atom stereocenters. The van der Waals surface area contributed by atoms with Crippen molar-refractivity contribution in [1.29, 1.82) is 0 Å². The summed E-state index contributed by atoms with van der Waals surface area (Å²) in [6.07, 6.45) is 11.0. The van der Waals surface area contributed by atoms with E-state index in [0.717, 1.165) is 18.5 Å². The van der Waals surface area contributed by atoms with E-state index in [1.165, 1.54) is 45.1 Å². The topological polar surface area (TPSA) is 32.3 Å². The fourth-order valence-electron chi connectivity index (χ4n) is 6.05. The van der Waals surface area contributed by atoms with Gasteiger partial charge in [0.25, 0.3) is 0 Å². The molecule has 3 nitrogen and oxygen atoms in total. The zero-order valence-electron chi connectivity index (χ0n) is 21.3. The molecule has 0 bridgehead atoms. The number of hydrogen-bond donors (Lipinski definition) is 1. The Hall–Kier alpha value is -3.33. The van der Waals surface area contributed by atoms with Crippen LogP contribution in [0.3, 0.4) is 0 Å². The van der Waals surface area contributed by atoms with Gasteiger partial charge >= 0.3 is 0 Å². The van der Waals surface area contributed by atoms with Crippen molar-refractivity contribution < 1.29 is 4.58 Å². The van der Waals surface area contributed by atoms with Crippen LogP contribution in [0.4, 0.5) is 11.4 Å². The van der Waals surface area contributed by atoms with Gasteiger partial charge in [-0.1, -0.05) is 62.4 Å². The number of hydrogen-bond acceptors (Lipinski definition) is 2. The summed E-state index contributed by atoms with van der Waals surface area (Å²) in [5.41, 5.74) is 18.0. The lowest BCUT2D eigenvalue weighted by molar-refractivity contribution is -0.401. The molecule has 0 saturated heterocycles. The first-order valence-electron chi connectivity index (χ1n) is 12.3. The van der Waals surface area contributed by atoms with Crippen LogP contribution in [0.2, 0.25) is 0 Å². The molecule has 0 amide bonds. The normalized spacial score (nSPS) is 23.1. The Balaban J connectivity index is 1.43. The van der Waals surface area contributed by atoms with Gasteiger partial charge in [-0.3, -0.25) is 0 Å². The summed E-state index contributed by atoms with van der Waals surface area (Å²) in [4.78, 5) is 2.31. The minimum Gasteiger partial charge on any atom is -0.398 e. The monoisotopic (exact) mass is 450 g/mol. The Morgan fingerprint density at radius 2 is 1.53 bits per heavy atom. The number of benzene rings is 2. The summed E-state index contributed by atoms with van der Waals surface area (Å²) < 4.78 is 2.31. The third-order valence-corrected chi connectivity index (χ3v) is 8.12. The minimum absolute atomic E-state index is 0.0213. The maximum Gasteiger partial charge on any atom is 0.209 e.